The van der Waals surface area contributed by atoms with E-state index in [1.165, 1.54) is 13.1 Å². The highest BCUT2D eigenvalue weighted by Gasteiger charge is 2.62. The molecule has 0 amide bonds. The predicted octanol–water partition coefficient (Wildman–Crippen LogP) is -2.62. The average Bonchev–Trinajstić information content (AvgIpc) is 2.28. The second-order valence-corrected chi connectivity index (χ2v) is 6.16. The second kappa shape index (κ2) is 2.39. The molecule has 0 aromatic heterocycles. The van der Waals surface area contributed by atoms with Crippen LogP contribution >= 0.6 is 0 Å². The summed E-state index contributed by atoms with van der Waals surface area (Å²) in [6.45, 7) is 11.3. The zero-order valence-corrected chi connectivity index (χ0v) is 9.15. The summed E-state index contributed by atoms with van der Waals surface area (Å²) in [5.41, 5.74) is -0.0150. The van der Waals surface area contributed by atoms with Crippen molar-refractivity contribution in [2.75, 3.05) is 39.3 Å². The third kappa shape index (κ3) is 0.971. The van der Waals surface area contributed by atoms with Crippen LogP contribution in [0.5, 0.6) is 0 Å². The van der Waals surface area contributed by atoms with Gasteiger partial charge in [0.2, 0.25) is 0 Å². The molecule has 0 aromatic rings. The van der Waals surface area contributed by atoms with Crippen molar-refractivity contribution in [2.24, 2.45) is 10.8 Å². The molecule has 0 aromatic carbocycles. The van der Waals surface area contributed by atoms with Crippen LogP contribution in [0.2, 0.25) is 0 Å². The van der Waals surface area contributed by atoms with Crippen LogP contribution in [0.25, 0.3) is 0 Å². The normalized spacial score (nSPS) is 56.3. The summed E-state index contributed by atoms with van der Waals surface area (Å²) >= 11 is 0. The smallest absolute Gasteiger partial charge is 0.167 e. The van der Waals surface area contributed by atoms with Crippen LogP contribution in [0.3, 0.4) is 0 Å². The molecule has 4 rings (SSSR count). The van der Waals surface area contributed by atoms with E-state index in [0.29, 0.717) is 5.78 Å². The first-order chi connectivity index (χ1) is 6.52. The molecule has 4 aliphatic heterocycles. The molecule has 78 valence electrons. The van der Waals surface area contributed by atoms with Gasteiger partial charge in [0, 0.05) is 0 Å². The molecule has 0 radical (unpaired) electrons. The first kappa shape index (κ1) is 8.86. The molecule has 4 heterocycles. The summed E-state index contributed by atoms with van der Waals surface area (Å²) in [4.78, 5) is 15.7. The first-order valence-corrected chi connectivity index (χ1v) is 5.74. The molecular formula is C11H20N2O+2. The van der Waals surface area contributed by atoms with Gasteiger partial charge in [-0.2, -0.15) is 0 Å². The van der Waals surface area contributed by atoms with Crippen molar-refractivity contribution in [3.05, 3.63) is 0 Å². The number of ketones is 1. The molecule has 0 spiro atoms. The van der Waals surface area contributed by atoms with Gasteiger partial charge in [0.1, 0.15) is 23.9 Å². The molecule has 3 heteroatoms. The number of hydrogen-bond acceptors (Lipinski definition) is 1. The Labute approximate surface area is 85.1 Å². The highest BCUT2D eigenvalue weighted by Crippen LogP contribution is 2.32. The molecule has 0 aliphatic carbocycles. The first-order valence-electron chi connectivity index (χ1n) is 5.74. The van der Waals surface area contributed by atoms with E-state index in [1.807, 2.05) is 0 Å². The molecule has 14 heavy (non-hydrogen) atoms. The Kier molecular flexibility index (Phi) is 1.51. The summed E-state index contributed by atoms with van der Waals surface area (Å²) in [5.74, 6) is 0.555. The van der Waals surface area contributed by atoms with Crippen molar-refractivity contribution in [3.63, 3.8) is 0 Å². The van der Waals surface area contributed by atoms with Gasteiger partial charge in [0.05, 0.1) is 26.2 Å². The van der Waals surface area contributed by atoms with Crippen molar-refractivity contribution in [2.45, 2.75) is 13.8 Å². The third-order valence-corrected chi connectivity index (χ3v) is 4.49. The fraction of sp³-hybridized carbons (Fsp3) is 0.909. The summed E-state index contributed by atoms with van der Waals surface area (Å²) < 4.78 is 0. The zero-order valence-electron chi connectivity index (χ0n) is 9.15. The van der Waals surface area contributed by atoms with Gasteiger partial charge in [-0.25, -0.2) is 0 Å². The Morgan fingerprint density at radius 3 is 1.64 bits per heavy atom. The van der Waals surface area contributed by atoms with Gasteiger partial charge < -0.3 is 9.80 Å². The van der Waals surface area contributed by atoms with E-state index in [-0.39, 0.29) is 10.8 Å². The molecule has 2 N–H and O–H groups in total. The highest BCUT2D eigenvalue weighted by molar-refractivity contribution is 5.91. The summed E-state index contributed by atoms with van der Waals surface area (Å²) in [5, 5.41) is 0. The van der Waals surface area contributed by atoms with Crippen LogP contribution in [0.1, 0.15) is 13.8 Å². The minimum absolute atomic E-state index is 0.00752. The molecule has 0 unspecified atom stereocenters. The number of fused-ring (bicyclic) bond motifs is 1. The van der Waals surface area contributed by atoms with Gasteiger partial charge in [-0.15, -0.1) is 0 Å². The van der Waals surface area contributed by atoms with Crippen molar-refractivity contribution in [1.29, 1.82) is 0 Å². The molecule has 4 saturated heterocycles. The molecule has 4 bridgehead atoms. The number of piperidine rings is 2. The van der Waals surface area contributed by atoms with Gasteiger partial charge in [-0.1, -0.05) is 0 Å². The second-order valence-electron chi connectivity index (χ2n) is 6.16. The number of hydrogen-bond donors (Lipinski definition) is 2. The number of carbonyl (C=O) groups excluding carboxylic acids is 1. The van der Waals surface area contributed by atoms with Crippen LogP contribution < -0.4 is 9.80 Å². The molecule has 0 atom stereocenters. The van der Waals surface area contributed by atoms with Crippen molar-refractivity contribution < 1.29 is 14.6 Å². The summed E-state index contributed by atoms with van der Waals surface area (Å²) in [6, 6.07) is 0. The van der Waals surface area contributed by atoms with Crippen molar-refractivity contribution >= 4 is 5.78 Å². The van der Waals surface area contributed by atoms with Crippen LogP contribution in [-0.2, 0) is 4.79 Å². The van der Waals surface area contributed by atoms with E-state index in [4.69, 9.17) is 0 Å². The lowest BCUT2D eigenvalue weighted by molar-refractivity contribution is -0.918. The van der Waals surface area contributed by atoms with E-state index >= 15 is 0 Å². The number of Topliss-reactive ketones (excluding diaryl/α,β-unsaturated/α-hetero) is 1. The molecule has 0 saturated carbocycles. The maximum atomic E-state index is 12.3. The van der Waals surface area contributed by atoms with E-state index < -0.39 is 0 Å². The maximum absolute atomic E-state index is 12.3. The summed E-state index contributed by atoms with van der Waals surface area (Å²) in [6.07, 6.45) is 0. The van der Waals surface area contributed by atoms with Crippen LogP contribution in [0, 0.1) is 10.8 Å². The lowest BCUT2D eigenvalue weighted by Gasteiger charge is -2.46. The Morgan fingerprint density at radius 2 is 1.29 bits per heavy atom. The fourth-order valence-corrected chi connectivity index (χ4v) is 4.21. The molecular weight excluding hydrogens is 176 g/mol. The third-order valence-electron chi connectivity index (χ3n) is 4.49. The standard InChI is InChI=1S/C11H18N2O/c1-10-5-12-3-4-13(6-10)8-11(2,7-12)9(10)14/h3-8H2,1-2H3/p+2. The van der Waals surface area contributed by atoms with Gasteiger partial charge in [-0.3, -0.25) is 4.79 Å². The van der Waals surface area contributed by atoms with E-state index in [2.05, 4.69) is 13.8 Å². The Bertz CT molecular complexity index is 260. The Balaban J connectivity index is 2.09. The summed E-state index contributed by atoms with van der Waals surface area (Å²) in [7, 11) is 0. The van der Waals surface area contributed by atoms with Gasteiger partial charge in [0.25, 0.3) is 0 Å². The lowest BCUT2D eigenvalue weighted by atomic mass is 9.65. The van der Waals surface area contributed by atoms with Gasteiger partial charge >= 0.3 is 0 Å². The van der Waals surface area contributed by atoms with Gasteiger partial charge in [-0.05, 0) is 13.8 Å². The van der Waals surface area contributed by atoms with E-state index in [0.717, 1.165) is 26.2 Å². The number of carbonyl (C=O) groups is 1. The average molecular weight is 196 g/mol. The van der Waals surface area contributed by atoms with Crippen molar-refractivity contribution in [1.82, 2.24) is 0 Å². The predicted molar refractivity (Wildman–Crippen MR) is 52.3 cm³/mol. The highest BCUT2D eigenvalue weighted by atomic mass is 16.1. The number of nitrogens with one attached hydrogen (secondary N) is 2. The number of quaternary nitrogens is 2. The quantitative estimate of drug-likeness (QED) is 0.436. The minimum Gasteiger partial charge on any atom is -0.328 e. The Hall–Kier alpha value is -0.410. The van der Waals surface area contributed by atoms with E-state index in [1.54, 1.807) is 9.80 Å². The minimum atomic E-state index is -0.00752. The van der Waals surface area contributed by atoms with Crippen LogP contribution in [0.4, 0.5) is 0 Å². The zero-order chi connectivity index (χ0) is 9.97. The van der Waals surface area contributed by atoms with E-state index in [9.17, 15) is 4.79 Å². The SMILES string of the molecule is CC12C[NH+]3CC[NH+](C1)CC(C)(C3)C2=O. The number of rotatable bonds is 0. The van der Waals surface area contributed by atoms with Crippen LogP contribution in [-0.4, -0.2) is 45.1 Å². The molecule has 3 nitrogen and oxygen atoms in total. The topological polar surface area (TPSA) is 26.0 Å². The molecule has 4 fully saturated rings. The van der Waals surface area contributed by atoms with Crippen molar-refractivity contribution in [3.8, 4) is 0 Å². The fourth-order valence-electron chi connectivity index (χ4n) is 4.21. The lowest BCUT2D eigenvalue weighted by Crippen LogP contribution is -3.18. The largest absolute Gasteiger partial charge is 0.328 e. The monoisotopic (exact) mass is 196 g/mol. The molecule has 4 aliphatic rings. The van der Waals surface area contributed by atoms with Gasteiger partial charge in [0.15, 0.2) is 5.78 Å². The maximum Gasteiger partial charge on any atom is 0.167 e. The Morgan fingerprint density at radius 1 is 0.929 bits per heavy atom. The van der Waals surface area contributed by atoms with Crippen LogP contribution in [0.15, 0.2) is 0 Å².